The first kappa shape index (κ1) is 16.8. The fourth-order valence-electron chi connectivity index (χ4n) is 2.70. The number of esters is 1. The number of hydrogen-bond acceptors (Lipinski definition) is 4. The van der Waals surface area contributed by atoms with Crippen molar-refractivity contribution in [3.63, 3.8) is 0 Å². The number of aryl methyl sites for hydroxylation is 1. The number of aromatic amines is 1. The molecular weight excluding hydrogens is 318 g/mol. The first-order chi connectivity index (χ1) is 12.1. The number of fused-ring (bicyclic) bond motifs is 1. The largest absolute Gasteiger partial charge is 0.489 e. The van der Waals surface area contributed by atoms with Crippen molar-refractivity contribution >= 4 is 16.9 Å². The minimum atomic E-state index is -0.648. The first-order valence-electron chi connectivity index (χ1n) is 8.07. The molecule has 3 rings (SSSR count). The molecule has 0 radical (unpaired) electrons. The van der Waals surface area contributed by atoms with Gasteiger partial charge in [0, 0.05) is 17.6 Å². The second-order valence-corrected chi connectivity index (χ2v) is 5.66. The van der Waals surface area contributed by atoms with Crippen LogP contribution in [0.25, 0.3) is 10.9 Å². The number of aromatic nitrogens is 1. The highest BCUT2D eigenvalue weighted by atomic mass is 16.5. The van der Waals surface area contributed by atoms with Gasteiger partial charge in [-0.25, -0.2) is 4.79 Å². The molecule has 0 fully saturated rings. The Morgan fingerprint density at radius 3 is 2.60 bits per heavy atom. The Labute approximate surface area is 145 Å². The van der Waals surface area contributed by atoms with Crippen molar-refractivity contribution in [2.24, 2.45) is 0 Å². The summed E-state index contributed by atoms with van der Waals surface area (Å²) >= 11 is 0. The zero-order valence-corrected chi connectivity index (χ0v) is 14.2. The Balaban J connectivity index is 2.00. The Hall–Kier alpha value is -3.08. The number of carbonyl (C=O) groups excluding carboxylic acids is 1. The molecule has 5 nitrogen and oxygen atoms in total. The number of carbonyl (C=O) groups is 1. The molecule has 0 unspecified atom stereocenters. The maximum atomic E-state index is 12.5. The summed E-state index contributed by atoms with van der Waals surface area (Å²) < 4.78 is 10.6. The summed E-state index contributed by atoms with van der Waals surface area (Å²) in [5.41, 5.74) is 2.26. The molecule has 0 aliphatic carbocycles. The SMILES string of the molecule is CCc1cc2c(=O)c(C(=O)OC)c[nH]c2cc1OCc1ccccc1. The number of ether oxygens (including phenoxy) is 2. The number of methoxy groups -OCH3 is 1. The average molecular weight is 337 g/mol. The van der Waals surface area contributed by atoms with Gasteiger partial charge in [-0.2, -0.15) is 0 Å². The lowest BCUT2D eigenvalue weighted by atomic mass is 10.1. The van der Waals surface area contributed by atoms with Crippen LogP contribution in [0.1, 0.15) is 28.4 Å². The molecular formula is C20H19NO4. The predicted molar refractivity (Wildman–Crippen MR) is 96.1 cm³/mol. The minimum absolute atomic E-state index is 0.00462. The zero-order valence-electron chi connectivity index (χ0n) is 14.2. The van der Waals surface area contributed by atoms with Gasteiger partial charge in [-0.3, -0.25) is 4.79 Å². The standard InChI is InChI=1S/C20H19NO4/c1-3-14-9-15-17(21-11-16(19(15)22)20(23)24-2)10-18(14)25-12-13-7-5-4-6-8-13/h4-11H,3,12H2,1-2H3,(H,21,22). The maximum Gasteiger partial charge on any atom is 0.343 e. The normalized spacial score (nSPS) is 10.6. The number of pyridine rings is 1. The van der Waals surface area contributed by atoms with E-state index in [-0.39, 0.29) is 11.0 Å². The molecule has 2 aromatic carbocycles. The van der Waals surface area contributed by atoms with Crippen LogP contribution in [-0.4, -0.2) is 18.1 Å². The maximum absolute atomic E-state index is 12.5. The van der Waals surface area contributed by atoms with Crippen LogP contribution in [0.2, 0.25) is 0 Å². The molecule has 128 valence electrons. The highest BCUT2D eigenvalue weighted by Crippen LogP contribution is 2.25. The molecule has 1 N–H and O–H groups in total. The smallest absolute Gasteiger partial charge is 0.343 e. The van der Waals surface area contributed by atoms with Crippen LogP contribution < -0.4 is 10.2 Å². The van der Waals surface area contributed by atoms with Gasteiger partial charge >= 0.3 is 5.97 Å². The molecule has 5 heteroatoms. The number of H-pyrrole nitrogens is 1. The lowest BCUT2D eigenvalue weighted by Gasteiger charge is -2.12. The molecule has 0 aliphatic rings. The molecule has 0 aliphatic heterocycles. The fraction of sp³-hybridized carbons (Fsp3) is 0.200. The lowest BCUT2D eigenvalue weighted by Crippen LogP contribution is -2.17. The topological polar surface area (TPSA) is 68.4 Å². The van der Waals surface area contributed by atoms with E-state index in [1.807, 2.05) is 37.3 Å². The third-order valence-electron chi connectivity index (χ3n) is 4.09. The van der Waals surface area contributed by atoms with E-state index < -0.39 is 5.97 Å². The van der Waals surface area contributed by atoms with Crippen molar-refractivity contribution in [1.29, 1.82) is 0 Å². The molecule has 0 amide bonds. The van der Waals surface area contributed by atoms with E-state index in [1.54, 1.807) is 12.1 Å². The van der Waals surface area contributed by atoms with E-state index in [9.17, 15) is 9.59 Å². The summed E-state index contributed by atoms with van der Waals surface area (Å²) in [7, 11) is 1.25. The Kier molecular flexibility index (Phi) is 4.84. The van der Waals surface area contributed by atoms with Gasteiger partial charge in [-0.1, -0.05) is 37.3 Å². The summed E-state index contributed by atoms with van der Waals surface area (Å²) in [6.45, 7) is 2.44. The molecule has 0 saturated heterocycles. The Bertz CT molecular complexity index is 961. The molecule has 0 bridgehead atoms. The van der Waals surface area contributed by atoms with Gasteiger partial charge in [-0.15, -0.1) is 0 Å². The Morgan fingerprint density at radius 2 is 1.92 bits per heavy atom. The van der Waals surface area contributed by atoms with Crippen molar-refractivity contribution in [1.82, 2.24) is 4.98 Å². The Morgan fingerprint density at radius 1 is 1.16 bits per heavy atom. The number of hydrogen-bond donors (Lipinski definition) is 1. The second kappa shape index (κ2) is 7.21. The number of nitrogens with one attached hydrogen (secondary N) is 1. The third kappa shape index (κ3) is 3.40. The van der Waals surface area contributed by atoms with Crippen LogP contribution in [0.15, 0.2) is 53.5 Å². The molecule has 1 heterocycles. The highest BCUT2D eigenvalue weighted by molar-refractivity contribution is 5.93. The second-order valence-electron chi connectivity index (χ2n) is 5.66. The van der Waals surface area contributed by atoms with Crippen LogP contribution >= 0.6 is 0 Å². The average Bonchev–Trinajstić information content (AvgIpc) is 2.66. The van der Waals surface area contributed by atoms with Gasteiger partial charge < -0.3 is 14.5 Å². The van der Waals surface area contributed by atoms with Gasteiger partial charge in [-0.05, 0) is 23.6 Å². The predicted octanol–water partition coefficient (Wildman–Crippen LogP) is 3.46. The summed E-state index contributed by atoms with van der Waals surface area (Å²) in [5.74, 6) is 0.0749. The van der Waals surface area contributed by atoms with E-state index in [2.05, 4.69) is 9.72 Å². The van der Waals surface area contributed by atoms with Gasteiger partial charge in [0.2, 0.25) is 5.43 Å². The number of rotatable bonds is 5. The van der Waals surface area contributed by atoms with Gasteiger partial charge in [0.15, 0.2) is 0 Å². The quantitative estimate of drug-likeness (QED) is 0.724. The summed E-state index contributed by atoms with van der Waals surface area (Å²) in [4.78, 5) is 27.2. The molecule has 0 atom stereocenters. The van der Waals surface area contributed by atoms with E-state index in [1.165, 1.54) is 13.3 Å². The molecule has 0 saturated carbocycles. The molecule has 1 aromatic heterocycles. The van der Waals surface area contributed by atoms with E-state index in [0.29, 0.717) is 23.9 Å². The van der Waals surface area contributed by atoms with E-state index in [0.717, 1.165) is 16.9 Å². The van der Waals surface area contributed by atoms with Crippen molar-refractivity contribution in [2.45, 2.75) is 20.0 Å². The molecule has 3 aromatic rings. The summed E-state index contributed by atoms with van der Waals surface area (Å²) in [6, 6.07) is 13.5. The summed E-state index contributed by atoms with van der Waals surface area (Å²) in [6.07, 6.45) is 2.09. The van der Waals surface area contributed by atoms with Gasteiger partial charge in [0.1, 0.15) is 17.9 Å². The van der Waals surface area contributed by atoms with Crippen LogP contribution in [0.3, 0.4) is 0 Å². The van der Waals surface area contributed by atoms with E-state index in [4.69, 9.17) is 4.74 Å². The van der Waals surface area contributed by atoms with Crippen LogP contribution in [-0.2, 0) is 17.8 Å². The van der Waals surface area contributed by atoms with Crippen LogP contribution in [0.4, 0.5) is 0 Å². The first-order valence-corrected chi connectivity index (χ1v) is 8.07. The zero-order chi connectivity index (χ0) is 17.8. The van der Waals surface area contributed by atoms with Crippen LogP contribution in [0, 0.1) is 0 Å². The van der Waals surface area contributed by atoms with Crippen molar-refractivity contribution in [3.05, 3.63) is 75.6 Å². The lowest BCUT2D eigenvalue weighted by molar-refractivity contribution is 0.0599. The van der Waals surface area contributed by atoms with Crippen molar-refractivity contribution in [2.75, 3.05) is 7.11 Å². The van der Waals surface area contributed by atoms with E-state index >= 15 is 0 Å². The number of benzene rings is 2. The summed E-state index contributed by atoms with van der Waals surface area (Å²) in [5, 5.41) is 0.451. The van der Waals surface area contributed by atoms with Crippen LogP contribution in [0.5, 0.6) is 5.75 Å². The monoisotopic (exact) mass is 337 g/mol. The van der Waals surface area contributed by atoms with Crippen molar-refractivity contribution < 1.29 is 14.3 Å². The minimum Gasteiger partial charge on any atom is -0.489 e. The van der Waals surface area contributed by atoms with Gasteiger partial charge in [0.25, 0.3) is 0 Å². The highest BCUT2D eigenvalue weighted by Gasteiger charge is 2.15. The van der Waals surface area contributed by atoms with Gasteiger partial charge in [0.05, 0.1) is 12.6 Å². The molecule has 25 heavy (non-hydrogen) atoms. The van der Waals surface area contributed by atoms with Crippen molar-refractivity contribution in [3.8, 4) is 5.75 Å². The fourth-order valence-corrected chi connectivity index (χ4v) is 2.70. The third-order valence-corrected chi connectivity index (χ3v) is 4.09. The molecule has 0 spiro atoms.